The van der Waals surface area contributed by atoms with Crippen LogP contribution in [0.3, 0.4) is 0 Å². The number of hydrogen-bond acceptors (Lipinski definition) is 6. The number of aryl methyl sites for hydroxylation is 2. The smallest absolute Gasteiger partial charge is 0.119 e. The Kier molecular flexibility index (Phi) is 9.79. The van der Waals surface area contributed by atoms with Gasteiger partial charge in [-0.15, -0.1) is 0 Å². The van der Waals surface area contributed by atoms with Gasteiger partial charge in [-0.3, -0.25) is 0 Å². The first-order valence-electron chi connectivity index (χ1n) is 9.69. The summed E-state index contributed by atoms with van der Waals surface area (Å²) in [5.74, 6) is 1.52. The Morgan fingerprint density at radius 1 is 0.679 bits per heavy atom. The van der Waals surface area contributed by atoms with E-state index in [2.05, 4.69) is 10.6 Å². The van der Waals surface area contributed by atoms with Crippen molar-refractivity contribution in [2.45, 2.75) is 26.1 Å². The van der Waals surface area contributed by atoms with E-state index in [4.69, 9.17) is 9.47 Å². The number of ether oxygens (including phenoxy) is 2. The third-order valence-corrected chi connectivity index (χ3v) is 4.17. The molecule has 0 saturated heterocycles. The third-order valence-electron chi connectivity index (χ3n) is 4.17. The lowest BCUT2D eigenvalue weighted by molar-refractivity contribution is 0.103. The highest BCUT2D eigenvalue weighted by molar-refractivity contribution is 5.27. The summed E-state index contributed by atoms with van der Waals surface area (Å²) in [6.07, 6.45) is -1.15. The topological polar surface area (TPSA) is 83.0 Å². The van der Waals surface area contributed by atoms with Gasteiger partial charge >= 0.3 is 0 Å². The van der Waals surface area contributed by atoms with Crippen LogP contribution in [-0.2, 0) is 0 Å². The number of benzene rings is 2. The van der Waals surface area contributed by atoms with E-state index in [1.807, 2.05) is 62.4 Å². The van der Waals surface area contributed by atoms with Gasteiger partial charge in [0.15, 0.2) is 0 Å². The first-order chi connectivity index (χ1) is 13.5. The van der Waals surface area contributed by atoms with E-state index in [1.54, 1.807) is 0 Å². The first-order valence-corrected chi connectivity index (χ1v) is 9.69. The largest absolute Gasteiger partial charge is 0.491 e. The van der Waals surface area contributed by atoms with Gasteiger partial charge < -0.3 is 30.3 Å². The average Bonchev–Trinajstić information content (AvgIpc) is 2.69. The van der Waals surface area contributed by atoms with Gasteiger partial charge in [0, 0.05) is 26.2 Å². The minimum atomic E-state index is -0.574. The summed E-state index contributed by atoms with van der Waals surface area (Å²) in [4.78, 5) is 0. The molecule has 0 heterocycles. The van der Waals surface area contributed by atoms with Crippen LogP contribution in [0.5, 0.6) is 11.5 Å². The van der Waals surface area contributed by atoms with Gasteiger partial charge in [-0.1, -0.05) is 35.4 Å². The van der Waals surface area contributed by atoms with Crippen LogP contribution in [0.15, 0.2) is 48.5 Å². The molecule has 0 aliphatic heterocycles. The van der Waals surface area contributed by atoms with Crippen molar-refractivity contribution in [1.82, 2.24) is 10.6 Å². The zero-order valence-corrected chi connectivity index (χ0v) is 16.7. The molecule has 2 rings (SSSR count). The van der Waals surface area contributed by atoms with Crippen molar-refractivity contribution in [3.63, 3.8) is 0 Å². The van der Waals surface area contributed by atoms with Crippen molar-refractivity contribution < 1.29 is 19.7 Å². The van der Waals surface area contributed by atoms with Crippen LogP contribution in [-0.4, -0.2) is 61.8 Å². The van der Waals surface area contributed by atoms with Crippen LogP contribution in [0.2, 0.25) is 0 Å². The van der Waals surface area contributed by atoms with E-state index in [0.717, 1.165) is 11.5 Å². The molecule has 0 fully saturated rings. The Balaban J connectivity index is 1.46. The Bertz CT molecular complexity index is 602. The van der Waals surface area contributed by atoms with Crippen molar-refractivity contribution in [3.05, 3.63) is 59.7 Å². The van der Waals surface area contributed by atoms with Crippen molar-refractivity contribution in [1.29, 1.82) is 0 Å². The average molecular weight is 389 g/mol. The summed E-state index contributed by atoms with van der Waals surface area (Å²) in [5, 5.41) is 26.2. The molecule has 6 heteroatoms. The van der Waals surface area contributed by atoms with Crippen LogP contribution in [0, 0.1) is 13.8 Å². The fraction of sp³-hybridized carbons (Fsp3) is 0.455. The van der Waals surface area contributed by atoms with Crippen molar-refractivity contribution in [3.8, 4) is 11.5 Å². The molecule has 0 radical (unpaired) electrons. The van der Waals surface area contributed by atoms with Crippen molar-refractivity contribution >= 4 is 0 Å². The van der Waals surface area contributed by atoms with Crippen LogP contribution in [0.1, 0.15) is 11.1 Å². The summed E-state index contributed by atoms with van der Waals surface area (Å²) in [7, 11) is 0. The second-order valence-corrected chi connectivity index (χ2v) is 6.96. The lowest BCUT2D eigenvalue weighted by atomic mass is 10.2. The molecule has 0 aliphatic rings. The summed E-state index contributed by atoms with van der Waals surface area (Å²) >= 11 is 0. The minimum Gasteiger partial charge on any atom is -0.491 e. The highest BCUT2D eigenvalue weighted by atomic mass is 16.5. The Morgan fingerprint density at radius 2 is 1.04 bits per heavy atom. The maximum absolute atomic E-state index is 9.94. The molecule has 6 nitrogen and oxygen atoms in total. The zero-order valence-electron chi connectivity index (χ0n) is 16.7. The quantitative estimate of drug-likeness (QED) is 0.391. The number of aliphatic hydroxyl groups is 2. The van der Waals surface area contributed by atoms with Gasteiger partial charge in [0.2, 0.25) is 0 Å². The maximum Gasteiger partial charge on any atom is 0.119 e. The predicted octanol–water partition coefficient (Wildman–Crippen LogP) is 1.66. The van der Waals surface area contributed by atoms with E-state index in [0.29, 0.717) is 26.2 Å². The maximum atomic E-state index is 9.94. The summed E-state index contributed by atoms with van der Waals surface area (Å²) in [5.41, 5.74) is 2.35. The zero-order chi connectivity index (χ0) is 20.2. The van der Waals surface area contributed by atoms with E-state index >= 15 is 0 Å². The molecule has 2 aromatic carbocycles. The molecule has 0 aromatic heterocycles. The highest BCUT2D eigenvalue weighted by Crippen LogP contribution is 2.12. The van der Waals surface area contributed by atoms with Gasteiger partial charge in [0.05, 0.1) is 0 Å². The van der Waals surface area contributed by atoms with Crippen LogP contribution in [0.25, 0.3) is 0 Å². The molecule has 28 heavy (non-hydrogen) atoms. The van der Waals surface area contributed by atoms with E-state index in [1.165, 1.54) is 11.1 Å². The molecular formula is C22H32N2O4. The van der Waals surface area contributed by atoms with Gasteiger partial charge in [0.1, 0.15) is 36.9 Å². The molecule has 4 N–H and O–H groups in total. The van der Waals surface area contributed by atoms with E-state index in [-0.39, 0.29) is 13.2 Å². The molecule has 0 saturated carbocycles. The monoisotopic (exact) mass is 388 g/mol. The number of hydrogen-bond donors (Lipinski definition) is 4. The minimum absolute atomic E-state index is 0.249. The van der Waals surface area contributed by atoms with Crippen molar-refractivity contribution in [2.75, 3.05) is 39.4 Å². The van der Waals surface area contributed by atoms with Crippen LogP contribution < -0.4 is 20.1 Å². The molecular weight excluding hydrogens is 356 g/mol. The Labute approximate surface area is 167 Å². The summed E-state index contributed by atoms with van der Waals surface area (Å²) < 4.78 is 11.1. The molecule has 0 spiro atoms. The highest BCUT2D eigenvalue weighted by Gasteiger charge is 2.06. The predicted molar refractivity (Wildman–Crippen MR) is 111 cm³/mol. The third kappa shape index (κ3) is 9.19. The standard InChI is InChI=1S/C22H32N2O4/c1-17-3-7-21(8-4-17)27-15-19(25)13-23-11-12-24-14-20(26)16-28-22-9-5-18(2)6-10-22/h3-10,19-20,23-26H,11-16H2,1-2H3/t19-,20+. The molecule has 2 aromatic rings. The molecule has 0 unspecified atom stereocenters. The SMILES string of the molecule is Cc1ccc(OC[C@H](O)CNCCNC[C@H](O)COc2ccc(C)cc2)cc1. The molecule has 154 valence electrons. The van der Waals surface area contributed by atoms with Crippen molar-refractivity contribution in [2.24, 2.45) is 0 Å². The molecule has 0 amide bonds. The van der Waals surface area contributed by atoms with Crippen LogP contribution in [0.4, 0.5) is 0 Å². The summed E-state index contributed by atoms with van der Waals surface area (Å²) in [6, 6.07) is 15.5. The fourth-order valence-corrected chi connectivity index (χ4v) is 2.49. The molecule has 0 bridgehead atoms. The first kappa shape index (κ1) is 22.2. The van der Waals surface area contributed by atoms with Crippen LogP contribution >= 0.6 is 0 Å². The fourth-order valence-electron chi connectivity index (χ4n) is 2.49. The van der Waals surface area contributed by atoms with E-state index < -0.39 is 12.2 Å². The normalized spacial score (nSPS) is 13.1. The lowest BCUT2D eigenvalue weighted by Gasteiger charge is -2.15. The number of aliphatic hydroxyl groups excluding tert-OH is 2. The number of rotatable bonds is 13. The van der Waals surface area contributed by atoms with Gasteiger partial charge in [-0.2, -0.15) is 0 Å². The number of nitrogens with one attached hydrogen (secondary N) is 2. The Morgan fingerprint density at radius 3 is 1.39 bits per heavy atom. The van der Waals surface area contributed by atoms with Gasteiger partial charge in [0.25, 0.3) is 0 Å². The van der Waals surface area contributed by atoms with Gasteiger partial charge in [-0.05, 0) is 38.1 Å². The second kappa shape index (κ2) is 12.4. The molecule has 0 aliphatic carbocycles. The Hall–Kier alpha value is -2.12. The second-order valence-electron chi connectivity index (χ2n) is 6.96. The van der Waals surface area contributed by atoms with Gasteiger partial charge in [-0.25, -0.2) is 0 Å². The summed E-state index contributed by atoms with van der Waals surface area (Å²) in [6.45, 7) is 6.82. The lowest BCUT2D eigenvalue weighted by Crippen LogP contribution is -2.38. The van der Waals surface area contributed by atoms with E-state index in [9.17, 15) is 10.2 Å². The molecule has 2 atom stereocenters.